The summed E-state index contributed by atoms with van der Waals surface area (Å²) >= 11 is 1.89. The number of benzene rings is 1. The Kier molecular flexibility index (Phi) is 6.48. The second kappa shape index (κ2) is 7.96. The van der Waals surface area contributed by atoms with Crippen molar-refractivity contribution in [3.63, 3.8) is 0 Å². The number of unbranched alkanes of at least 4 members (excludes halogenated alkanes) is 1. The van der Waals surface area contributed by atoms with Crippen molar-refractivity contribution in [3.8, 4) is 0 Å². The lowest BCUT2D eigenvalue weighted by Crippen LogP contribution is -1.95. The van der Waals surface area contributed by atoms with Crippen molar-refractivity contribution in [1.82, 2.24) is 0 Å². The van der Waals surface area contributed by atoms with E-state index in [0.717, 1.165) is 24.3 Å². The summed E-state index contributed by atoms with van der Waals surface area (Å²) in [6, 6.07) is 10.4. The fourth-order valence-electron chi connectivity index (χ4n) is 1.36. The maximum Gasteiger partial charge on any atom is 0.330 e. The number of carboxylic acid groups (broad SMARTS) is 1. The second-order valence-electron chi connectivity index (χ2n) is 3.87. The van der Waals surface area contributed by atoms with Crippen molar-refractivity contribution in [3.05, 3.63) is 47.5 Å². The van der Waals surface area contributed by atoms with Crippen LogP contribution in [-0.2, 0) is 10.5 Å². The molecule has 0 amide bonds. The normalized spacial score (nSPS) is 11.5. The number of thioether (sulfide) groups is 1. The van der Waals surface area contributed by atoms with Gasteiger partial charge in [-0.3, -0.25) is 0 Å². The van der Waals surface area contributed by atoms with E-state index in [1.807, 2.05) is 17.8 Å². The van der Waals surface area contributed by atoms with Gasteiger partial charge in [-0.1, -0.05) is 36.4 Å². The molecule has 0 aliphatic heterocycles. The van der Waals surface area contributed by atoms with E-state index in [-0.39, 0.29) is 0 Å². The van der Waals surface area contributed by atoms with E-state index < -0.39 is 5.97 Å². The summed E-state index contributed by atoms with van der Waals surface area (Å²) in [4.78, 5) is 10.5. The highest BCUT2D eigenvalue weighted by Gasteiger charge is 1.98. The largest absolute Gasteiger partial charge is 0.478 e. The summed E-state index contributed by atoms with van der Waals surface area (Å²) in [5, 5.41) is 8.66. The topological polar surface area (TPSA) is 37.3 Å². The van der Waals surface area contributed by atoms with Gasteiger partial charge in [-0.05, 0) is 31.1 Å². The van der Waals surface area contributed by atoms with Crippen molar-refractivity contribution in [2.45, 2.75) is 25.5 Å². The predicted octanol–water partition coefficient (Wildman–Crippen LogP) is 3.73. The van der Waals surface area contributed by atoms with Crippen LogP contribution in [0.4, 0.5) is 0 Å². The van der Waals surface area contributed by atoms with E-state index >= 15 is 0 Å². The van der Waals surface area contributed by atoms with Crippen LogP contribution in [0, 0.1) is 0 Å². The van der Waals surface area contributed by atoms with Crippen molar-refractivity contribution >= 4 is 17.7 Å². The molecule has 0 fully saturated rings. The van der Waals surface area contributed by atoms with Crippen LogP contribution in [0.1, 0.15) is 25.3 Å². The molecule has 2 nitrogen and oxygen atoms in total. The lowest BCUT2D eigenvalue weighted by molar-refractivity contribution is -0.132. The summed E-state index contributed by atoms with van der Waals surface area (Å²) in [5.74, 6) is 1.28. The Bertz CT molecular complexity index is 371. The molecule has 1 aromatic carbocycles. The summed E-state index contributed by atoms with van der Waals surface area (Å²) in [6.45, 7) is 1.64. The van der Waals surface area contributed by atoms with Gasteiger partial charge >= 0.3 is 5.97 Å². The van der Waals surface area contributed by atoms with E-state index in [2.05, 4.69) is 24.3 Å². The van der Waals surface area contributed by atoms with Crippen molar-refractivity contribution in [2.24, 2.45) is 0 Å². The number of carboxylic acids is 1. The third-order valence-corrected chi connectivity index (χ3v) is 3.51. The number of carbonyl (C=O) groups is 1. The monoisotopic (exact) mass is 250 g/mol. The second-order valence-corrected chi connectivity index (χ2v) is 4.98. The molecular formula is C14H18O2S. The average molecular weight is 250 g/mol. The van der Waals surface area contributed by atoms with E-state index in [1.165, 1.54) is 5.56 Å². The number of aliphatic carboxylic acids is 1. The Labute approximate surface area is 107 Å². The van der Waals surface area contributed by atoms with E-state index in [1.54, 1.807) is 13.0 Å². The third kappa shape index (κ3) is 6.17. The number of hydrogen-bond donors (Lipinski definition) is 1. The van der Waals surface area contributed by atoms with Gasteiger partial charge in [0.25, 0.3) is 0 Å². The van der Waals surface area contributed by atoms with Gasteiger partial charge in [0.1, 0.15) is 0 Å². The van der Waals surface area contributed by atoms with Gasteiger partial charge in [0, 0.05) is 11.3 Å². The predicted molar refractivity (Wildman–Crippen MR) is 73.2 cm³/mol. The van der Waals surface area contributed by atoms with Crippen LogP contribution in [-0.4, -0.2) is 16.8 Å². The molecular weight excluding hydrogens is 232 g/mol. The number of hydrogen-bond acceptors (Lipinski definition) is 2. The first kappa shape index (κ1) is 13.8. The first-order valence-electron chi connectivity index (χ1n) is 5.72. The highest BCUT2D eigenvalue weighted by molar-refractivity contribution is 7.98. The zero-order valence-corrected chi connectivity index (χ0v) is 10.9. The Morgan fingerprint density at radius 1 is 1.35 bits per heavy atom. The Balaban J connectivity index is 2.10. The average Bonchev–Trinajstić information content (AvgIpc) is 2.34. The molecule has 0 aliphatic carbocycles. The van der Waals surface area contributed by atoms with Crippen molar-refractivity contribution in [1.29, 1.82) is 0 Å². The number of rotatable bonds is 7. The summed E-state index contributed by atoms with van der Waals surface area (Å²) in [6.07, 6.45) is 3.67. The van der Waals surface area contributed by atoms with Crippen LogP contribution >= 0.6 is 11.8 Å². The Morgan fingerprint density at radius 2 is 2.06 bits per heavy atom. The van der Waals surface area contributed by atoms with Crippen molar-refractivity contribution < 1.29 is 9.90 Å². The minimum atomic E-state index is -0.818. The third-order valence-electron chi connectivity index (χ3n) is 2.39. The highest BCUT2D eigenvalue weighted by atomic mass is 32.2. The zero-order chi connectivity index (χ0) is 12.5. The van der Waals surface area contributed by atoms with Gasteiger partial charge in [0.05, 0.1) is 0 Å². The minimum Gasteiger partial charge on any atom is -0.478 e. The minimum absolute atomic E-state index is 0.443. The molecule has 17 heavy (non-hydrogen) atoms. The molecule has 0 bridgehead atoms. The van der Waals surface area contributed by atoms with Crippen LogP contribution < -0.4 is 0 Å². The van der Waals surface area contributed by atoms with Gasteiger partial charge < -0.3 is 5.11 Å². The molecule has 0 unspecified atom stereocenters. The molecule has 1 N–H and O–H groups in total. The molecule has 0 heterocycles. The highest BCUT2D eigenvalue weighted by Crippen LogP contribution is 2.13. The first-order valence-corrected chi connectivity index (χ1v) is 6.87. The molecule has 0 aliphatic rings. The van der Waals surface area contributed by atoms with Crippen molar-refractivity contribution in [2.75, 3.05) is 5.75 Å². The van der Waals surface area contributed by atoms with Gasteiger partial charge in [-0.15, -0.1) is 0 Å². The molecule has 92 valence electrons. The molecule has 0 aromatic heterocycles. The molecule has 0 atom stereocenters. The van der Waals surface area contributed by atoms with Gasteiger partial charge in [0.2, 0.25) is 0 Å². The van der Waals surface area contributed by atoms with E-state index in [0.29, 0.717) is 5.57 Å². The Hall–Kier alpha value is -1.22. The first-order chi connectivity index (χ1) is 8.20. The Morgan fingerprint density at radius 3 is 2.71 bits per heavy atom. The lowest BCUT2D eigenvalue weighted by atomic mass is 10.2. The van der Waals surface area contributed by atoms with Gasteiger partial charge in [-0.2, -0.15) is 11.8 Å². The lowest BCUT2D eigenvalue weighted by Gasteiger charge is -2.00. The molecule has 3 heteroatoms. The van der Waals surface area contributed by atoms with Crippen LogP contribution in [0.2, 0.25) is 0 Å². The fourth-order valence-corrected chi connectivity index (χ4v) is 2.30. The molecule has 1 rings (SSSR count). The van der Waals surface area contributed by atoms with Crippen LogP contribution in [0.5, 0.6) is 0 Å². The van der Waals surface area contributed by atoms with Crippen LogP contribution in [0.3, 0.4) is 0 Å². The summed E-state index contributed by atoms with van der Waals surface area (Å²) < 4.78 is 0. The zero-order valence-electron chi connectivity index (χ0n) is 10.1. The van der Waals surface area contributed by atoms with Gasteiger partial charge in [-0.25, -0.2) is 4.79 Å². The molecule has 0 radical (unpaired) electrons. The molecule has 0 spiro atoms. The number of allylic oxidation sites excluding steroid dienone is 1. The molecule has 0 saturated heterocycles. The van der Waals surface area contributed by atoms with Gasteiger partial charge in [0.15, 0.2) is 0 Å². The summed E-state index contributed by atoms with van der Waals surface area (Å²) in [7, 11) is 0. The van der Waals surface area contributed by atoms with Crippen LogP contribution in [0.15, 0.2) is 42.0 Å². The smallest absolute Gasteiger partial charge is 0.330 e. The molecule has 1 aromatic rings. The van der Waals surface area contributed by atoms with E-state index in [4.69, 9.17) is 5.11 Å². The summed E-state index contributed by atoms with van der Waals surface area (Å²) in [5.41, 5.74) is 1.79. The maximum atomic E-state index is 10.5. The van der Waals surface area contributed by atoms with Crippen LogP contribution in [0.25, 0.3) is 0 Å². The molecule has 0 saturated carbocycles. The van der Waals surface area contributed by atoms with E-state index in [9.17, 15) is 4.79 Å². The SMILES string of the molecule is CC(=CCCCSCc1ccccc1)C(=O)O. The fraction of sp³-hybridized carbons (Fsp3) is 0.357. The maximum absolute atomic E-state index is 10.5. The quantitative estimate of drug-likeness (QED) is 0.592. The standard InChI is InChI=1S/C14H18O2S/c1-12(14(15)16)7-5-6-10-17-11-13-8-3-2-4-9-13/h2-4,7-9H,5-6,10-11H2,1H3,(H,15,16).